The van der Waals surface area contributed by atoms with E-state index in [2.05, 4.69) is 57.9 Å². The van der Waals surface area contributed by atoms with Gasteiger partial charge in [0.1, 0.15) is 0 Å². The molecule has 96 valence electrons. The highest BCUT2D eigenvalue weighted by Gasteiger charge is 2.12. The lowest BCUT2D eigenvalue weighted by Crippen LogP contribution is -2.44. The molecule has 0 saturated carbocycles. The monoisotopic (exact) mass is 258 g/mol. The average molecular weight is 259 g/mol. The Labute approximate surface area is 107 Å². The first-order valence-electron chi connectivity index (χ1n) is 6.43. The highest BCUT2D eigenvalue weighted by molar-refractivity contribution is 6.45. The topological polar surface area (TPSA) is 6.48 Å². The van der Waals surface area contributed by atoms with Gasteiger partial charge in [0.05, 0.1) is 9.52 Å². The van der Waals surface area contributed by atoms with E-state index < -0.39 is 0 Å². The molecule has 0 unspecified atom stereocenters. The van der Waals surface area contributed by atoms with Crippen LogP contribution in [-0.2, 0) is 0 Å². The van der Waals surface area contributed by atoms with Gasteiger partial charge in [0.15, 0.2) is 0 Å². The predicted molar refractivity (Wildman–Crippen MR) is 81.9 cm³/mol. The molecular formula is C12H30N2Si2. The van der Waals surface area contributed by atoms with E-state index in [4.69, 9.17) is 0 Å². The standard InChI is InChI=1S/C12H30N2Si2/c1-7-11(2)15-9-8-10-16-12(13(3)4)14(5)6/h7,12H,8-10,15-16H2,1-6H3. The van der Waals surface area contributed by atoms with Crippen LogP contribution in [0.25, 0.3) is 0 Å². The summed E-state index contributed by atoms with van der Waals surface area (Å²) in [7, 11) is 8.96. The van der Waals surface area contributed by atoms with Crippen molar-refractivity contribution in [3.05, 3.63) is 11.3 Å². The van der Waals surface area contributed by atoms with Crippen LogP contribution in [0, 0.1) is 0 Å². The second-order valence-corrected chi connectivity index (χ2v) is 9.48. The lowest BCUT2D eigenvalue weighted by Gasteiger charge is -2.30. The molecular weight excluding hydrogens is 228 g/mol. The Hall–Kier alpha value is 0.0938. The van der Waals surface area contributed by atoms with Gasteiger partial charge in [0.2, 0.25) is 0 Å². The minimum Gasteiger partial charge on any atom is -0.297 e. The van der Waals surface area contributed by atoms with Crippen LogP contribution in [0.1, 0.15) is 20.3 Å². The highest BCUT2D eigenvalue weighted by atomic mass is 28.2. The molecule has 0 spiro atoms. The summed E-state index contributed by atoms with van der Waals surface area (Å²) in [5.74, 6) is 0.740. The Kier molecular flexibility index (Phi) is 9.21. The lowest BCUT2D eigenvalue weighted by atomic mass is 10.6. The maximum absolute atomic E-state index is 2.38. The fourth-order valence-corrected chi connectivity index (χ4v) is 6.23. The molecule has 16 heavy (non-hydrogen) atoms. The minimum atomic E-state index is 0.0338. The zero-order valence-corrected chi connectivity index (χ0v) is 14.9. The van der Waals surface area contributed by atoms with Crippen LogP contribution in [0.2, 0.25) is 12.1 Å². The van der Waals surface area contributed by atoms with E-state index in [-0.39, 0.29) is 19.0 Å². The molecule has 0 aromatic heterocycles. The van der Waals surface area contributed by atoms with Crippen LogP contribution < -0.4 is 0 Å². The Morgan fingerprint density at radius 3 is 2.12 bits per heavy atom. The highest BCUT2D eigenvalue weighted by Crippen LogP contribution is 2.04. The number of hydrogen-bond acceptors (Lipinski definition) is 2. The third-order valence-electron chi connectivity index (χ3n) is 3.22. The molecule has 0 aromatic carbocycles. The van der Waals surface area contributed by atoms with E-state index in [1.165, 1.54) is 18.5 Å². The third-order valence-corrected chi connectivity index (χ3v) is 8.15. The van der Waals surface area contributed by atoms with Crippen molar-refractivity contribution in [1.29, 1.82) is 0 Å². The van der Waals surface area contributed by atoms with Gasteiger partial charge in [-0.15, -0.1) is 0 Å². The SMILES string of the molecule is CC=C(C)[SiH2]CCC[SiH2]C(N(C)C)N(C)C. The first-order valence-corrected chi connectivity index (χ1v) is 9.96. The normalized spacial score (nSPS) is 14.7. The molecule has 0 N–H and O–H groups in total. The van der Waals surface area contributed by atoms with Gasteiger partial charge in [-0.1, -0.05) is 29.8 Å². The van der Waals surface area contributed by atoms with Gasteiger partial charge in [-0.2, -0.15) is 0 Å². The molecule has 0 heterocycles. The summed E-state index contributed by atoms with van der Waals surface area (Å²) < 4.78 is 0. The molecule has 0 aromatic rings. The maximum Gasteiger partial charge on any atom is 0.0591 e. The fourth-order valence-electron chi connectivity index (χ4n) is 2.03. The van der Waals surface area contributed by atoms with Crippen LogP contribution in [0.15, 0.2) is 11.3 Å². The van der Waals surface area contributed by atoms with Crippen molar-refractivity contribution in [2.75, 3.05) is 28.2 Å². The van der Waals surface area contributed by atoms with E-state index in [1.54, 1.807) is 5.20 Å². The smallest absolute Gasteiger partial charge is 0.0591 e. The molecule has 0 amide bonds. The Morgan fingerprint density at radius 1 is 1.12 bits per heavy atom. The van der Waals surface area contributed by atoms with E-state index in [9.17, 15) is 0 Å². The summed E-state index contributed by atoms with van der Waals surface area (Å²) in [5, 5.41) is 1.68. The van der Waals surface area contributed by atoms with Crippen LogP contribution in [-0.4, -0.2) is 62.8 Å². The van der Waals surface area contributed by atoms with Crippen molar-refractivity contribution in [3.8, 4) is 0 Å². The summed E-state index contributed by atoms with van der Waals surface area (Å²) in [5.41, 5.74) is 0. The van der Waals surface area contributed by atoms with Crippen molar-refractivity contribution in [2.45, 2.75) is 38.1 Å². The van der Waals surface area contributed by atoms with Crippen molar-refractivity contribution in [2.24, 2.45) is 0 Å². The number of allylic oxidation sites excluding steroid dienone is 2. The zero-order chi connectivity index (χ0) is 12.6. The molecule has 0 aliphatic heterocycles. The van der Waals surface area contributed by atoms with E-state index in [0.717, 1.165) is 5.79 Å². The molecule has 0 atom stereocenters. The van der Waals surface area contributed by atoms with Crippen molar-refractivity contribution in [3.63, 3.8) is 0 Å². The quantitative estimate of drug-likeness (QED) is 0.362. The Morgan fingerprint density at radius 2 is 1.69 bits per heavy atom. The van der Waals surface area contributed by atoms with Crippen LogP contribution in [0.5, 0.6) is 0 Å². The summed E-state index contributed by atoms with van der Waals surface area (Å²) in [6.45, 7) is 4.47. The molecule has 0 aliphatic rings. The minimum absolute atomic E-state index is 0.0338. The van der Waals surface area contributed by atoms with Crippen molar-refractivity contribution >= 4 is 19.0 Å². The zero-order valence-electron chi connectivity index (χ0n) is 12.1. The van der Waals surface area contributed by atoms with Gasteiger partial charge in [-0.3, -0.25) is 9.80 Å². The molecule has 0 saturated heterocycles. The Bertz CT molecular complexity index is 195. The number of hydrogen-bond donors (Lipinski definition) is 0. The predicted octanol–water partition coefficient (Wildman–Crippen LogP) is 0.881. The largest absolute Gasteiger partial charge is 0.297 e. The van der Waals surface area contributed by atoms with Crippen molar-refractivity contribution in [1.82, 2.24) is 9.80 Å². The van der Waals surface area contributed by atoms with Gasteiger partial charge in [0, 0.05) is 15.3 Å². The van der Waals surface area contributed by atoms with Crippen molar-refractivity contribution < 1.29 is 0 Å². The van der Waals surface area contributed by atoms with Crippen LogP contribution >= 0.6 is 0 Å². The van der Waals surface area contributed by atoms with Crippen LogP contribution in [0.3, 0.4) is 0 Å². The fraction of sp³-hybridized carbons (Fsp3) is 0.833. The maximum atomic E-state index is 2.38. The molecule has 2 nitrogen and oxygen atoms in total. The average Bonchev–Trinajstić information content (AvgIpc) is 2.21. The molecule has 0 rings (SSSR count). The first-order chi connectivity index (χ1) is 7.49. The number of rotatable bonds is 8. The second-order valence-electron chi connectivity index (χ2n) is 5.14. The first kappa shape index (κ1) is 16.1. The summed E-state index contributed by atoms with van der Waals surface area (Å²) in [6, 6.07) is 3.02. The van der Waals surface area contributed by atoms with Gasteiger partial charge in [-0.25, -0.2) is 0 Å². The third kappa shape index (κ3) is 7.38. The molecule has 0 radical (unpaired) electrons. The lowest BCUT2D eigenvalue weighted by molar-refractivity contribution is 0.200. The second kappa shape index (κ2) is 9.16. The van der Waals surface area contributed by atoms with Gasteiger partial charge in [-0.05, 0) is 42.0 Å². The molecule has 4 heteroatoms. The van der Waals surface area contributed by atoms with E-state index in [0.29, 0.717) is 0 Å². The molecule has 0 aliphatic carbocycles. The number of nitrogens with zero attached hydrogens (tertiary/aromatic N) is 2. The van der Waals surface area contributed by atoms with E-state index in [1.807, 2.05) is 0 Å². The molecule has 0 fully saturated rings. The summed E-state index contributed by atoms with van der Waals surface area (Å²) in [6.07, 6.45) is 3.77. The Balaban J connectivity index is 3.63. The van der Waals surface area contributed by atoms with Crippen LogP contribution in [0.4, 0.5) is 0 Å². The summed E-state index contributed by atoms with van der Waals surface area (Å²) >= 11 is 0. The summed E-state index contributed by atoms with van der Waals surface area (Å²) in [4.78, 5) is 4.75. The van der Waals surface area contributed by atoms with E-state index >= 15 is 0 Å². The van der Waals surface area contributed by atoms with Gasteiger partial charge in [0.25, 0.3) is 0 Å². The van der Waals surface area contributed by atoms with Gasteiger partial charge >= 0.3 is 0 Å². The molecule has 0 bridgehead atoms. The van der Waals surface area contributed by atoms with Gasteiger partial charge < -0.3 is 0 Å².